The van der Waals surface area contributed by atoms with Crippen molar-refractivity contribution in [1.29, 1.82) is 0 Å². The van der Waals surface area contributed by atoms with Gasteiger partial charge in [0.1, 0.15) is 17.7 Å². The lowest BCUT2D eigenvalue weighted by atomic mass is 9.93. The lowest BCUT2D eigenvalue weighted by molar-refractivity contribution is -0.143. The van der Waals surface area contributed by atoms with Gasteiger partial charge in [0, 0.05) is 13.1 Å². The predicted octanol–water partition coefficient (Wildman–Crippen LogP) is 5.84. The molecule has 0 heterocycles. The summed E-state index contributed by atoms with van der Waals surface area (Å²) >= 11 is 0. The van der Waals surface area contributed by atoms with E-state index in [1.807, 2.05) is 83.1 Å². The summed E-state index contributed by atoms with van der Waals surface area (Å²) in [5, 5.41) is 5.86. The number of alkyl carbamates (subject to hydrolysis) is 1. The second kappa shape index (κ2) is 14.0. The first kappa shape index (κ1) is 30.9. The SMILES string of the molecule is CCCN(C(=O)C(NC(=O)OC(C)(C)C)C(C)CC)C(C(=O)NCc1ccccc1)c1cccc(C)c1C. The van der Waals surface area contributed by atoms with Crippen molar-refractivity contribution in [3.8, 4) is 0 Å². The second-order valence-corrected chi connectivity index (χ2v) is 10.9. The molecule has 38 heavy (non-hydrogen) atoms. The van der Waals surface area contributed by atoms with E-state index in [0.717, 1.165) is 22.3 Å². The van der Waals surface area contributed by atoms with Gasteiger partial charge in [0.05, 0.1) is 0 Å². The quantitative estimate of drug-likeness (QED) is 0.387. The highest BCUT2D eigenvalue weighted by Crippen LogP contribution is 2.29. The zero-order valence-electron chi connectivity index (χ0n) is 24.3. The minimum Gasteiger partial charge on any atom is -0.444 e. The van der Waals surface area contributed by atoms with Crippen molar-refractivity contribution in [3.63, 3.8) is 0 Å². The van der Waals surface area contributed by atoms with Crippen LogP contribution in [0.2, 0.25) is 0 Å². The summed E-state index contributed by atoms with van der Waals surface area (Å²) in [6, 6.07) is 13.8. The number of carbonyl (C=O) groups excluding carboxylic acids is 3. The summed E-state index contributed by atoms with van der Waals surface area (Å²) in [4.78, 5) is 42.4. The molecule has 0 aliphatic heterocycles. The third-order valence-electron chi connectivity index (χ3n) is 6.71. The van der Waals surface area contributed by atoms with Gasteiger partial charge in [-0.2, -0.15) is 0 Å². The molecule has 7 nitrogen and oxygen atoms in total. The summed E-state index contributed by atoms with van der Waals surface area (Å²) in [5.41, 5.74) is 3.05. The smallest absolute Gasteiger partial charge is 0.408 e. The van der Waals surface area contributed by atoms with Crippen molar-refractivity contribution < 1.29 is 19.1 Å². The standard InChI is InChI=1S/C31H45N3O4/c1-9-19-34(29(36)26(21(3)10-2)33-30(37)38-31(6,7)8)27(25-18-14-15-22(4)23(25)5)28(35)32-20-24-16-12-11-13-17-24/h11-18,21,26-27H,9-10,19-20H2,1-8H3,(H,32,35)(H,33,37). The van der Waals surface area contributed by atoms with Crippen LogP contribution in [0.25, 0.3) is 0 Å². The Kier molecular flexibility index (Phi) is 11.4. The summed E-state index contributed by atoms with van der Waals surface area (Å²) < 4.78 is 5.47. The lowest BCUT2D eigenvalue weighted by Crippen LogP contribution is -2.55. The molecule has 0 spiro atoms. The lowest BCUT2D eigenvalue weighted by Gasteiger charge is -2.36. The fourth-order valence-corrected chi connectivity index (χ4v) is 4.31. The average molecular weight is 524 g/mol. The molecular formula is C31H45N3O4. The first-order chi connectivity index (χ1) is 17.9. The number of ether oxygens (including phenoxy) is 1. The van der Waals surface area contributed by atoms with Crippen LogP contribution in [-0.4, -0.2) is 41.0 Å². The van der Waals surface area contributed by atoms with Crippen LogP contribution in [0.5, 0.6) is 0 Å². The first-order valence-electron chi connectivity index (χ1n) is 13.6. The molecule has 0 bridgehead atoms. The molecule has 0 aromatic heterocycles. The fourth-order valence-electron chi connectivity index (χ4n) is 4.31. The number of hydrogen-bond donors (Lipinski definition) is 2. The van der Waals surface area contributed by atoms with Gasteiger partial charge in [-0.3, -0.25) is 9.59 Å². The highest BCUT2D eigenvalue weighted by Gasteiger charge is 2.38. The van der Waals surface area contributed by atoms with E-state index in [1.165, 1.54) is 0 Å². The van der Waals surface area contributed by atoms with E-state index >= 15 is 0 Å². The molecule has 7 heteroatoms. The largest absolute Gasteiger partial charge is 0.444 e. The van der Waals surface area contributed by atoms with Crippen LogP contribution in [0.4, 0.5) is 4.79 Å². The van der Waals surface area contributed by atoms with Crippen molar-refractivity contribution >= 4 is 17.9 Å². The van der Waals surface area contributed by atoms with E-state index in [1.54, 1.807) is 25.7 Å². The molecule has 2 N–H and O–H groups in total. The van der Waals surface area contributed by atoms with Crippen LogP contribution in [0.3, 0.4) is 0 Å². The van der Waals surface area contributed by atoms with Gasteiger partial charge in [0.15, 0.2) is 0 Å². The maximum atomic E-state index is 14.2. The minimum absolute atomic E-state index is 0.166. The Morgan fingerprint density at radius 1 is 0.974 bits per heavy atom. The molecule has 3 amide bonds. The molecule has 3 unspecified atom stereocenters. The van der Waals surface area contributed by atoms with Gasteiger partial charge in [-0.1, -0.05) is 75.7 Å². The van der Waals surface area contributed by atoms with Crippen LogP contribution in [0.15, 0.2) is 48.5 Å². The van der Waals surface area contributed by atoms with Crippen LogP contribution < -0.4 is 10.6 Å². The molecule has 0 saturated carbocycles. The molecule has 0 fully saturated rings. The molecule has 2 aromatic carbocycles. The zero-order chi connectivity index (χ0) is 28.5. The second-order valence-electron chi connectivity index (χ2n) is 10.9. The van der Waals surface area contributed by atoms with Crippen molar-refractivity contribution in [2.45, 2.75) is 92.5 Å². The normalized spacial score (nSPS) is 13.7. The topological polar surface area (TPSA) is 87.7 Å². The fraction of sp³-hybridized carbons (Fsp3) is 0.516. The van der Waals surface area contributed by atoms with Gasteiger partial charge in [0.25, 0.3) is 0 Å². The first-order valence-corrected chi connectivity index (χ1v) is 13.6. The maximum absolute atomic E-state index is 14.2. The Morgan fingerprint density at radius 3 is 2.21 bits per heavy atom. The third kappa shape index (κ3) is 8.61. The third-order valence-corrected chi connectivity index (χ3v) is 6.71. The molecule has 0 radical (unpaired) electrons. The highest BCUT2D eigenvalue weighted by atomic mass is 16.6. The van der Waals surface area contributed by atoms with E-state index in [-0.39, 0.29) is 17.7 Å². The maximum Gasteiger partial charge on any atom is 0.408 e. The number of nitrogens with one attached hydrogen (secondary N) is 2. The van der Waals surface area contributed by atoms with Gasteiger partial charge in [0.2, 0.25) is 11.8 Å². The Hall–Kier alpha value is -3.35. The Labute approximate surface area is 228 Å². The molecule has 0 saturated heterocycles. The molecule has 2 aromatic rings. The number of amides is 3. The Balaban J connectivity index is 2.50. The van der Waals surface area contributed by atoms with Crippen molar-refractivity contribution in [2.24, 2.45) is 5.92 Å². The molecular weight excluding hydrogens is 478 g/mol. The van der Waals surface area contributed by atoms with Crippen LogP contribution in [-0.2, 0) is 20.9 Å². The number of hydrogen-bond acceptors (Lipinski definition) is 4. The van der Waals surface area contributed by atoms with Gasteiger partial charge in [-0.05, 0) is 69.2 Å². The van der Waals surface area contributed by atoms with Crippen molar-refractivity contribution in [2.75, 3.05) is 6.54 Å². The molecule has 3 atom stereocenters. The molecule has 2 rings (SSSR count). The number of benzene rings is 2. The summed E-state index contributed by atoms with van der Waals surface area (Å²) in [5.74, 6) is -0.724. The number of carbonyl (C=O) groups is 3. The number of nitrogens with zero attached hydrogens (tertiary/aromatic N) is 1. The van der Waals surface area contributed by atoms with Crippen molar-refractivity contribution in [3.05, 3.63) is 70.8 Å². The predicted molar refractivity (Wildman–Crippen MR) is 152 cm³/mol. The van der Waals surface area contributed by atoms with Crippen LogP contribution >= 0.6 is 0 Å². The number of aryl methyl sites for hydroxylation is 1. The van der Waals surface area contributed by atoms with E-state index in [0.29, 0.717) is 25.9 Å². The number of rotatable bonds is 11. The molecule has 208 valence electrons. The van der Waals surface area contributed by atoms with Crippen LogP contribution in [0, 0.1) is 19.8 Å². The Bertz CT molecular complexity index is 1080. The minimum atomic E-state index is -0.849. The van der Waals surface area contributed by atoms with Gasteiger partial charge < -0.3 is 20.3 Å². The van der Waals surface area contributed by atoms with Gasteiger partial charge in [-0.25, -0.2) is 4.79 Å². The zero-order valence-corrected chi connectivity index (χ0v) is 24.3. The monoisotopic (exact) mass is 523 g/mol. The van der Waals surface area contributed by atoms with E-state index < -0.39 is 23.8 Å². The molecule has 0 aliphatic carbocycles. The molecule has 0 aliphatic rings. The van der Waals surface area contributed by atoms with E-state index in [9.17, 15) is 14.4 Å². The van der Waals surface area contributed by atoms with Crippen LogP contribution in [0.1, 0.15) is 82.7 Å². The van der Waals surface area contributed by atoms with E-state index in [2.05, 4.69) is 10.6 Å². The Morgan fingerprint density at radius 2 is 1.63 bits per heavy atom. The summed E-state index contributed by atoms with van der Waals surface area (Å²) in [7, 11) is 0. The summed E-state index contributed by atoms with van der Waals surface area (Å²) in [6.07, 6.45) is 0.670. The average Bonchev–Trinajstić information content (AvgIpc) is 2.86. The van der Waals surface area contributed by atoms with E-state index in [4.69, 9.17) is 4.74 Å². The van der Waals surface area contributed by atoms with Crippen molar-refractivity contribution in [1.82, 2.24) is 15.5 Å². The van der Waals surface area contributed by atoms with Gasteiger partial charge >= 0.3 is 6.09 Å². The summed E-state index contributed by atoms with van der Waals surface area (Å²) in [6.45, 7) is 15.9. The highest BCUT2D eigenvalue weighted by molar-refractivity contribution is 5.92. The van der Waals surface area contributed by atoms with Gasteiger partial charge in [-0.15, -0.1) is 0 Å².